The van der Waals surface area contributed by atoms with Gasteiger partial charge in [-0.05, 0) is 43.6 Å². The SMILES string of the molecule is CCCC(C)CC1=C(C(CC)CC)CON=C(C)C1. The van der Waals surface area contributed by atoms with Gasteiger partial charge in [0.2, 0.25) is 0 Å². The maximum absolute atomic E-state index is 5.51. The van der Waals surface area contributed by atoms with Crippen LogP contribution < -0.4 is 0 Å². The molecule has 1 aliphatic heterocycles. The van der Waals surface area contributed by atoms with Crippen LogP contribution in [0, 0.1) is 11.8 Å². The minimum Gasteiger partial charge on any atom is -0.391 e. The van der Waals surface area contributed by atoms with E-state index in [9.17, 15) is 0 Å². The number of hydrogen-bond donors (Lipinski definition) is 0. The van der Waals surface area contributed by atoms with Crippen LogP contribution in [0.3, 0.4) is 0 Å². The molecule has 1 unspecified atom stereocenters. The fourth-order valence-corrected chi connectivity index (χ4v) is 3.18. The molecule has 0 aromatic heterocycles. The van der Waals surface area contributed by atoms with E-state index in [4.69, 9.17) is 4.84 Å². The monoisotopic (exact) mass is 265 g/mol. The highest BCUT2D eigenvalue weighted by molar-refractivity contribution is 5.84. The molecule has 0 saturated carbocycles. The molecule has 0 saturated heterocycles. The van der Waals surface area contributed by atoms with E-state index >= 15 is 0 Å². The molecule has 110 valence electrons. The number of oxime groups is 1. The predicted molar refractivity (Wildman–Crippen MR) is 83.5 cm³/mol. The van der Waals surface area contributed by atoms with E-state index in [2.05, 4.69) is 39.8 Å². The van der Waals surface area contributed by atoms with Crippen molar-refractivity contribution in [2.24, 2.45) is 17.0 Å². The highest BCUT2D eigenvalue weighted by Gasteiger charge is 2.20. The smallest absolute Gasteiger partial charge is 0.138 e. The summed E-state index contributed by atoms with van der Waals surface area (Å²) in [7, 11) is 0. The zero-order valence-electron chi connectivity index (χ0n) is 13.5. The second kappa shape index (κ2) is 8.39. The first-order valence-corrected chi connectivity index (χ1v) is 7.98. The van der Waals surface area contributed by atoms with Gasteiger partial charge in [-0.2, -0.15) is 0 Å². The Bertz CT molecular complexity index is 326. The molecule has 2 heteroatoms. The molecule has 0 spiro atoms. The van der Waals surface area contributed by atoms with E-state index in [-0.39, 0.29) is 0 Å². The minimum absolute atomic E-state index is 0.671. The van der Waals surface area contributed by atoms with Crippen LogP contribution in [0.5, 0.6) is 0 Å². The van der Waals surface area contributed by atoms with Crippen molar-refractivity contribution in [3.05, 3.63) is 11.1 Å². The fourth-order valence-electron chi connectivity index (χ4n) is 3.18. The van der Waals surface area contributed by atoms with Crippen LogP contribution in [0.1, 0.15) is 73.1 Å². The third kappa shape index (κ3) is 5.00. The summed E-state index contributed by atoms with van der Waals surface area (Å²) in [5, 5.41) is 4.20. The summed E-state index contributed by atoms with van der Waals surface area (Å²) < 4.78 is 0. The number of hydrogen-bond acceptors (Lipinski definition) is 2. The predicted octanol–water partition coefficient (Wildman–Crippen LogP) is 5.34. The molecule has 1 heterocycles. The molecule has 1 aliphatic rings. The van der Waals surface area contributed by atoms with Crippen molar-refractivity contribution < 1.29 is 4.84 Å². The average molecular weight is 265 g/mol. The van der Waals surface area contributed by atoms with Crippen LogP contribution in [-0.2, 0) is 4.84 Å². The van der Waals surface area contributed by atoms with Gasteiger partial charge < -0.3 is 4.84 Å². The van der Waals surface area contributed by atoms with E-state index in [1.165, 1.54) is 37.7 Å². The Labute approximate surface area is 119 Å². The molecule has 2 nitrogen and oxygen atoms in total. The Balaban J connectivity index is 2.92. The molecule has 0 fully saturated rings. The summed E-state index contributed by atoms with van der Waals surface area (Å²) in [4.78, 5) is 5.51. The van der Waals surface area contributed by atoms with Gasteiger partial charge >= 0.3 is 0 Å². The Kier molecular flexibility index (Phi) is 7.19. The largest absolute Gasteiger partial charge is 0.391 e. The second-order valence-corrected chi connectivity index (χ2v) is 6.02. The van der Waals surface area contributed by atoms with Crippen molar-refractivity contribution in [3.63, 3.8) is 0 Å². The highest BCUT2D eigenvalue weighted by Crippen LogP contribution is 2.31. The summed E-state index contributed by atoms with van der Waals surface area (Å²) in [6.07, 6.45) is 7.24. The maximum Gasteiger partial charge on any atom is 0.138 e. The first-order valence-electron chi connectivity index (χ1n) is 7.98. The van der Waals surface area contributed by atoms with E-state index in [1.807, 2.05) is 0 Å². The van der Waals surface area contributed by atoms with Crippen molar-refractivity contribution in [1.82, 2.24) is 0 Å². The number of rotatable bonds is 7. The minimum atomic E-state index is 0.671. The van der Waals surface area contributed by atoms with Crippen LogP contribution in [0.25, 0.3) is 0 Å². The van der Waals surface area contributed by atoms with E-state index in [0.29, 0.717) is 12.5 Å². The van der Waals surface area contributed by atoms with Gasteiger partial charge in [-0.1, -0.05) is 51.3 Å². The second-order valence-electron chi connectivity index (χ2n) is 6.02. The highest BCUT2D eigenvalue weighted by atomic mass is 16.6. The van der Waals surface area contributed by atoms with E-state index in [0.717, 1.165) is 18.1 Å². The molecule has 1 atom stereocenters. The van der Waals surface area contributed by atoms with Crippen molar-refractivity contribution in [1.29, 1.82) is 0 Å². The zero-order chi connectivity index (χ0) is 14.3. The lowest BCUT2D eigenvalue weighted by Gasteiger charge is -2.22. The maximum atomic E-state index is 5.51. The molecule has 1 rings (SSSR count). The summed E-state index contributed by atoms with van der Waals surface area (Å²) in [6.45, 7) is 12.0. The molecule has 0 N–H and O–H groups in total. The van der Waals surface area contributed by atoms with Crippen LogP contribution in [-0.4, -0.2) is 12.3 Å². The standard InChI is InChI=1S/C17H31NO/c1-6-9-13(4)10-16-11-14(5)18-19-12-17(16)15(7-2)8-3/h13,15H,6-12H2,1-5H3. The molecule has 0 amide bonds. The molecular formula is C17H31NO. The Morgan fingerprint density at radius 3 is 2.47 bits per heavy atom. The van der Waals surface area contributed by atoms with Gasteiger partial charge in [-0.25, -0.2) is 0 Å². The number of nitrogens with zero attached hydrogens (tertiary/aromatic N) is 1. The van der Waals surface area contributed by atoms with Crippen LogP contribution in [0.4, 0.5) is 0 Å². The van der Waals surface area contributed by atoms with Crippen LogP contribution in [0.15, 0.2) is 16.3 Å². The Morgan fingerprint density at radius 2 is 1.89 bits per heavy atom. The van der Waals surface area contributed by atoms with Gasteiger partial charge in [-0.3, -0.25) is 0 Å². The molecule has 19 heavy (non-hydrogen) atoms. The average Bonchev–Trinajstić information content (AvgIpc) is 2.54. The van der Waals surface area contributed by atoms with E-state index in [1.54, 1.807) is 5.57 Å². The third-order valence-corrected chi connectivity index (χ3v) is 4.22. The lowest BCUT2D eigenvalue weighted by atomic mass is 9.84. The summed E-state index contributed by atoms with van der Waals surface area (Å²) in [6, 6.07) is 0. The first-order chi connectivity index (χ1) is 9.12. The van der Waals surface area contributed by atoms with Gasteiger partial charge in [0.1, 0.15) is 6.61 Å². The van der Waals surface area contributed by atoms with Crippen molar-refractivity contribution in [2.75, 3.05) is 6.61 Å². The molecular weight excluding hydrogens is 234 g/mol. The molecule has 0 bridgehead atoms. The summed E-state index contributed by atoms with van der Waals surface area (Å²) >= 11 is 0. The van der Waals surface area contributed by atoms with E-state index < -0.39 is 0 Å². The third-order valence-electron chi connectivity index (χ3n) is 4.22. The van der Waals surface area contributed by atoms with Gasteiger partial charge in [0.05, 0.1) is 5.71 Å². The van der Waals surface area contributed by atoms with Crippen molar-refractivity contribution >= 4 is 5.71 Å². The fraction of sp³-hybridized carbons (Fsp3) is 0.824. The molecule has 0 radical (unpaired) electrons. The topological polar surface area (TPSA) is 21.6 Å². The van der Waals surface area contributed by atoms with Gasteiger partial charge in [-0.15, -0.1) is 0 Å². The van der Waals surface area contributed by atoms with Crippen LogP contribution >= 0.6 is 0 Å². The van der Waals surface area contributed by atoms with Gasteiger partial charge in [0.15, 0.2) is 0 Å². The van der Waals surface area contributed by atoms with Crippen LogP contribution in [0.2, 0.25) is 0 Å². The first kappa shape index (κ1) is 16.3. The zero-order valence-corrected chi connectivity index (χ0v) is 13.5. The summed E-state index contributed by atoms with van der Waals surface area (Å²) in [5.41, 5.74) is 4.27. The lowest BCUT2D eigenvalue weighted by molar-refractivity contribution is 0.160. The molecule has 0 aliphatic carbocycles. The normalized spacial score (nSPS) is 18.1. The summed E-state index contributed by atoms with van der Waals surface area (Å²) in [5.74, 6) is 1.44. The molecule has 0 aromatic rings. The molecule has 0 aromatic carbocycles. The number of allylic oxidation sites excluding steroid dienone is 1. The van der Waals surface area contributed by atoms with Gasteiger partial charge in [0, 0.05) is 6.42 Å². The quantitative estimate of drug-likeness (QED) is 0.569. The van der Waals surface area contributed by atoms with Crippen molar-refractivity contribution in [3.8, 4) is 0 Å². The lowest BCUT2D eigenvalue weighted by Crippen LogP contribution is -2.11. The Hall–Kier alpha value is -0.790. The van der Waals surface area contributed by atoms with Gasteiger partial charge in [0.25, 0.3) is 0 Å². The van der Waals surface area contributed by atoms with Crippen molar-refractivity contribution in [2.45, 2.75) is 73.1 Å². The Morgan fingerprint density at radius 1 is 1.21 bits per heavy atom.